The van der Waals surface area contributed by atoms with Gasteiger partial charge in [-0.1, -0.05) is 42.4 Å². The molecule has 1 aromatic carbocycles. The van der Waals surface area contributed by atoms with E-state index in [1.165, 1.54) is 10.6 Å². The SMILES string of the molecule is CCN(C1CCN(C(=O)c2cc(-c3ccccc3)no2)CC1)S(C)(=O)=O. The van der Waals surface area contributed by atoms with Crippen LogP contribution in [-0.4, -0.2) is 60.6 Å². The Morgan fingerprint density at radius 2 is 1.92 bits per heavy atom. The minimum atomic E-state index is -3.23. The summed E-state index contributed by atoms with van der Waals surface area (Å²) < 4.78 is 30.5. The Morgan fingerprint density at radius 1 is 1.27 bits per heavy atom. The van der Waals surface area contributed by atoms with Crippen molar-refractivity contribution >= 4 is 15.9 Å². The van der Waals surface area contributed by atoms with Gasteiger partial charge in [-0.05, 0) is 12.8 Å². The highest BCUT2D eigenvalue weighted by Gasteiger charge is 2.31. The summed E-state index contributed by atoms with van der Waals surface area (Å²) in [5, 5.41) is 3.98. The van der Waals surface area contributed by atoms with Crippen LogP contribution in [0.3, 0.4) is 0 Å². The molecule has 1 aliphatic heterocycles. The number of rotatable bonds is 5. The van der Waals surface area contributed by atoms with Crippen molar-refractivity contribution < 1.29 is 17.7 Å². The van der Waals surface area contributed by atoms with E-state index in [2.05, 4.69) is 5.16 Å². The molecule has 1 fully saturated rings. The van der Waals surface area contributed by atoms with Gasteiger partial charge in [0.25, 0.3) is 5.91 Å². The number of amides is 1. The number of sulfonamides is 1. The van der Waals surface area contributed by atoms with Crippen molar-refractivity contribution in [3.8, 4) is 11.3 Å². The summed E-state index contributed by atoms with van der Waals surface area (Å²) in [5.74, 6) is -0.00158. The zero-order valence-electron chi connectivity index (χ0n) is 15.0. The van der Waals surface area contributed by atoms with Crippen molar-refractivity contribution in [3.05, 3.63) is 42.2 Å². The van der Waals surface area contributed by atoms with Crippen LogP contribution in [0.1, 0.15) is 30.3 Å². The highest BCUT2D eigenvalue weighted by atomic mass is 32.2. The van der Waals surface area contributed by atoms with Crippen LogP contribution in [0.25, 0.3) is 11.3 Å². The summed E-state index contributed by atoms with van der Waals surface area (Å²) in [6.45, 7) is 3.27. The van der Waals surface area contributed by atoms with Crippen LogP contribution in [0.4, 0.5) is 0 Å². The molecular weight excluding hydrogens is 354 g/mol. The summed E-state index contributed by atoms with van der Waals surface area (Å²) in [6.07, 6.45) is 2.46. The Labute approximate surface area is 153 Å². The molecule has 0 saturated carbocycles. The van der Waals surface area contributed by atoms with Gasteiger partial charge in [-0.25, -0.2) is 8.42 Å². The third-order valence-corrected chi connectivity index (χ3v) is 6.10. The van der Waals surface area contributed by atoms with Gasteiger partial charge in [-0.15, -0.1) is 0 Å². The second-order valence-corrected chi connectivity index (χ2v) is 8.37. The monoisotopic (exact) mass is 377 g/mol. The minimum absolute atomic E-state index is 0.0614. The second kappa shape index (κ2) is 7.59. The summed E-state index contributed by atoms with van der Waals surface area (Å²) in [5.41, 5.74) is 1.51. The number of likely N-dealkylation sites (tertiary alicyclic amines) is 1. The molecule has 0 bridgehead atoms. The van der Waals surface area contributed by atoms with Crippen LogP contribution in [0, 0.1) is 0 Å². The molecule has 0 spiro atoms. The molecule has 0 N–H and O–H groups in total. The highest BCUT2D eigenvalue weighted by Crippen LogP contribution is 2.23. The van der Waals surface area contributed by atoms with Crippen LogP contribution in [0.15, 0.2) is 40.9 Å². The number of hydrogen-bond acceptors (Lipinski definition) is 5. The number of hydrogen-bond donors (Lipinski definition) is 0. The minimum Gasteiger partial charge on any atom is -0.350 e. The highest BCUT2D eigenvalue weighted by molar-refractivity contribution is 7.88. The van der Waals surface area contributed by atoms with Gasteiger partial charge in [0.2, 0.25) is 15.8 Å². The van der Waals surface area contributed by atoms with Crippen LogP contribution in [0.5, 0.6) is 0 Å². The number of aromatic nitrogens is 1. The fourth-order valence-electron chi connectivity index (χ4n) is 3.40. The molecule has 0 radical (unpaired) electrons. The first kappa shape index (κ1) is 18.6. The normalized spacial score (nSPS) is 16.2. The van der Waals surface area contributed by atoms with Gasteiger partial charge in [-0.2, -0.15) is 4.31 Å². The number of nitrogens with zero attached hydrogens (tertiary/aromatic N) is 3. The number of carbonyl (C=O) groups excluding carboxylic acids is 1. The van der Waals surface area contributed by atoms with E-state index in [4.69, 9.17) is 4.52 Å². The Balaban J connectivity index is 1.65. The molecule has 140 valence electrons. The third-order valence-electron chi connectivity index (χ3n) is 4.69. The summed E-state index contributed by atoms with van der Waals surface area (Å²) in [4.78, 5) is 14.3. The lowest BCUT2D eigenvalue weighted by Gasteiger charge is -2.36. The average Bonchev–Trinajstić information content (AvgIpc) is 3.12. The van der Waals surface area contributed by atoms with Crippen molar-refractivity contribution in [2.45, 2.75) is 25.8 Å². The fourth-order valence-corrected chi connectivity index (χ4v) is 4.62. The van der Waals surface area contributed by atoms with E-state index < -0.39 is 10.0 Å². The second-order valence-electron chi connectivity index (χ2n) is 6.43. The third kappa shape index (κ3) is 3.96. The molecule has 7 nitrogen and oxygen atoms in total. The van der Waals surface area contributed by atoms with Gasteiger partial charge in [0, 0.05) is 37.3 Å². The molecule has 0 unspecified atom stereocenters. The molecule has 8 heteroatoms. The van der Waals surface area contributed by atoms with Crippen molar-refractivity contribution in [1.82, 2.24) is 14.4 Å². The van der Waals surface area contributed by atoms with Crippen molar-refractivity contribution in [1.29, 1.82) is 0 Å². The van der Waals surface area contributed by atoms with Crippen molar-refractivity contribution in [2.75, 3.05) is 25.9 Å². The maximum atomic E-state index is 12.6. The summed E-state index contributed by atoms with van der Waals surface area (Å²) in [7, 11) is -3.23. The largest absolute Gasteiger partial charge is 0.350 e. The van der Waals surface area contributed by atoms with Crippen LogP contribution in [-0.2, 0) is 10.0 Å². The van der Waals surface area contributed by atoms with Crippen LogP contribution >= 0.6 is 0 Å². The van der Waals surface area contributed by atoms with E-state index in [0.29, 0.717) is 38.2 Å². The Bertz CT molecular complexity index is 856. The van der Waals surface area contributed by atoms with E-state index in [1.54, 1.807) is 11.0 Å². The molecule has 26 heavy (non-hydrogen) atoms. The Morgan fingerprint density at radius 3 is 2.50 bits per heavy atom. The number of carbonyl (C=O) groups is 1. The standard InChI is InChI=1S/C18H23N3O4S/c1-3-21(26(2,23)24)15-9-11-20(12-10-15)18(22)17-13-16(19-25-17)14-7-5-4-6-8-14/h4-8,13,15H,3,9-12H2,1-2H3. The average molecular weight is 377 g/mol. The van der Waals surface area contributed by atoms with Gasteiger partial charge in [0.1, 0.15) is 5.69 Å². The predicted octanol–water partition coefficient (Wildman–Crippen LogP) is 2.23. The molecule has 1 aromatic heterocycles. The smallest absolute Gasteiger partial charge is 0.292 e. The lowest BCUT2D eigenvalue weighted by molar-refractivity contribution is 0.0639. The van der Waals surface area contributed by atoms with Gasteiger partial charge >= 0.3 is 0 Å². The zero-order valence-corrected chi connectivity index (χ0v) is 15.8. The van der Waals surface area contributed by atoms with Crippen molar-refractivity contribution in [2.24, 2.45) is 0 Å². The van der Waals surface area contributed by atoms with Gasteiger partial charge in [-0.3, -0.25) is 4.79 Å². The maximum absolute atomic E-state index is 12.6. The molecule has 2 heterocycles. The van der Waals surface area contributed by atoms with Gasteiger partial charge < -0.3 is 9.42 Å². The molecule has 0 atom stereocenters. The van der Waals surface area contributed by atoms with Crippen LogP contribution < -0.4 is 0 Å². The predicted molar refractivity (Wildman–Crippen MR) is 98.1 cm³/mol. The number of piperidine rings is 1. The first-order valence-corrected chi connectivity index (χ1v) is 10.5. The molecule has 2 aromatic rings. The quantitative estimate of drug-likeness (QED) is 0.798. The van der Waals surface area contributed by atoms with E-state index in [0.717, 1.165) is 5.56 Å². The lowest BCUT2D eigenvalue weighted by Crippen LogP contribution is -2.48. The Kier molecular flexibility index (Phi) is 5.43. The Hall–Kier alpha value is -2.19. The van der Waals surface area contributed by atoms with E-state index in [1.807, 2.05) is 37.3 Å². The first-order chi connectivity index (χ1) is 12.4. The maximum Gasteiger partial charge on any atom is 0.292 e. The van der Waals surface area contributed by atoms with Crippen molar-refractivity contribution in [3.63, 3.8) is 0 Å². The molecule has 0 aliphatic carbocycles. The van der Waals surface area contributed by atoms with Crippen LogP contribution in [0.2, 0.25) is 0 Å². The first-order valence-electron chi connectivity index (χ1n) is 8.68. The summed E-state index contributed by atoms with van der Waals surface area (Å²) in [6, 6.07) is 11.1. The topological polar surface area (TPSA) is 83.7 Å². The molecule has 3 rings (SSSR count). The molecule has 1 saturated heterocycles. The van der Waals surface area contributed by atoms with Gasteiger partial charge in [0.05, 0.1) is 6.26 Å². The van der Waals surface area contributed by atoms with Gasteiger partial charge in [0.15, 0.2) is 0 Å². The van der Waals surface area contributed by atoms with E-state index in [9.17, 15) is 13.2 Å². The summed E-state index contributed by atoms with van der Waals surface area (Å²) >= 11 is 0. The number of benzene rings is 1. The van der Waals surface area contributed by atoms with E-state index >= 15 is 0 Å². The molecule has 1 aliphatic rings. The van der Waals surface area contributed by atoms with E-state index in [-0.39, 0.29) is 17.7 Å². The zero-order chi connectivity index (χ0) is 18.7. The lowest BCUT2D eigenvalue weighted by atomic mass is 10.0. The fraction of sp³-hybridized carbons (Fsp3) is 0.444. The molecule has 1 amide bonds. The molecular formula is C18H23N3O4S.